The summed E-state index contributed by atoms with van der Waals surface area (Å²) in [5.41, 5.74) is -2.29. The molecule has 0 aromatic heterocycles. The number of nitrogens with one attached hydrogen (secondary N) is 1. The van der Waals surface area contributed by atoms with Crippen molar-refractivity contribution in [2.45, 2.75) is 39.0 Å². The van der Waals surface area contributed by atoms with Crippen LogP contribution < -0.4 is 5.32 Å². The van der Waals surface area contributed by atoms with Gasteiger partial charge in [0.05, 0.1) is 12.6 Å². The summed E-state index contributed by atoms with van der Waals surface area (Å²) < 4.78 is 44.5. The van der Waals surface area contributed by atoms with Crippen molar-refractivity contribution in [2.75, 3.05) is 19.6 Å². The number of hydrogen-bond acceptors (Lipinski definition) is 3. The van der Waals surface area contributed by atoms with Crippen molar-refractivity contribution in [3.63, 3.8) is 0 Å². The van der Waals surface area contributed by atoms with Gasteiger partial charge in [-0.2, -0.15) is 5.26 Å². The summed E-state index contributed by atoms with van der Waals surface area (Å²) in [5.74, 6) is -0.653. The minimum absolute atomic E-state index is 0.0191. The summed E-state index contributed by atoms with van der Waals surface area (Å²) in [6, 6.07) is 2.18. The normalized spacial score (nSPS) is 26.2. The number of likely N-dealkylation sites (tertiary alicyclic amines) is 1. The van der Waals surface area contributed by atoms with Gasteiger partial charge in [0.1, 0.15) is 0 Å². The van der Waals surface area contributed by atoms with Crippen LogP contribution in [-0.4, -0.2) is 36.0 Å². The fraction of sp³-hybridized carbons (Fsp3) is 0.833. The predicted molar refractivity (Wildman–Crippen MR) is 62.7 cm³/mol. The van der Waals surface area contributed by atoms with E-state index in [0.29, 0.717) is 25.9 Å². The molecule has 0 spiro atoms. The molecule has 4 nitrogen and oxygen atoms in total. The van der Waals surface area contributed by atoms with E-state index in [2.05, 4.69) is 11.4 Å². The second-order valence-corrected chi connectivity index (χ2v) is 4.35. The summed E-state index contributed by atoms with van der Waals surface area (Å²) in [5, 5.41) is 11.0. The zero-order valence-corrected chi connectivity index (χ0v) is 9.42. The Balaban J connectivity index is 2.69. The number of carbonyl (C=O) groups is 1. The van der Waals surface area contributed by atoms with Crippen LogP contribution in [0.2, 0.25) is 0 Å². The molecule has 1 heterocycles. The lowest BCUT2D eigenvalue weighted by atomic mass is 9.98. The Kier molecular flexibility index (Phi) is 2.19. The van der Waals surface area contributed by atoms with Gasteiger partial charge in [0.15, 0.2) is 0 Å². The van der Waals surface area contributed by atoms with Crippen molar-refractivity contribution in [2.24, 2.45) is 5.92 Å². The maximum Gasteiger partial charge on any atom is 0.234 e. The number of nitriles is 1. The van der Waals surface area contributed by atoms with E-state index < -0.39 is 25.1 Å². The van der Waals surface area contributed by atoms with Crippen LogP contribution in [0.25, 0.3) is 0 Å². The van der Waals surface area contributed by atoms with Gasteiger partial charge in [-0.1, -0.05) is 0 Å². The topological polar surface area (TPSA) is 56.1 Å². The van der Waals surface area contributed by atoms with Crippen molar-refractivity contribution < 1.29 is 13.0 Å². The third-order valence-electron chi connectivity index (χ3n) is 2.53. The Hall–Kier alpha value is -1.08. The molecular weight excluding hydrogens is 202 g/mol. The van der Waals surface area contributed by atoms with E-state index in [0.717, 1.165) is 6.92 Å². The summed E-state index contributed by atoms with van der Waals surface area (Å²) in [7, 11) is 0. The second kappa shape index (κ2) is 5.31. The van der Waals surface area contributed by atoms with E-state index in [1.54, 1.807) is 4.90 Å². The average Bonchev–Trinajstić information content (AvgIpc) is 2.36. The highest BCUT2D eigenvalue weighted by molar-refractivity contribution is 5.78. The Morgan fingerprint density at radius 2 is 2.25 bits per heavy atom. The highest BCUT2D eigenvalue weighted by Gasteiger charge is 2.21. The molecule has 0 radical (unpaired) electrons. The zero-order valence-electron chi connectivity index (χ0n) is 15.4. The van der Waals surface area contributed by atoms with E-state index in [1.807, 2.05) is 0 Å². The minimum atomic E-state index is -2.85. The SMILES string of the molecule is [2H]C([2H])([2H])C(C)(NC(=O)CN1CCC(C#N)CC1)C([2H])([2H])[2H]. The molecule has 1 N–H and O–H groups in total. The average molecular weight is 229 g/mol. The van der Waals surface area contributed by atoms with Crippen LogP contribution in [0.3, 0.4) is 0 Å². The molecule has 1 fully saturated rings. The smallest absolute Gasteiger partial charge is 0.234 e. The molecule has 1 amide bonds. The Bertz CT molecular complexity index is 431. The molecule has 0 aromatic carbocycles. The summed E-state index contributed by atoms with van der Waals surface area (Å²) in [6.45, 7) is -3.62. The van der Waals surface area contributed by atoms with E-state index in [1.165, 1.54) is 0 Å². The van der Waals surface area contributed by atoms with Gasteiger partial charge in [0.2, 0.25) is 5.91 Å². The number of nitrogens with zero attached hydrogens (tertiary/aromatic N) is 2. The fourth-order valence-corrected chi connectivity index (χ4v) is 1.74. The minimum Gasteiger partial charge on any atom is -0.350 e. The van der Waals surface area contributed by atoms with Crippen LogP contribution in [0.4, 0.5) is 0 Å². The monoisotopic (exact) mass is 229 g/mol. The first kappa shape index (κ1) is 6.61. The Labute approximate surface area is 106 Å². The zero-order chi connectivity index (χ0) is 17.2. The molecule has 0 saturated carbocycles. The molecule has 0 atom stereocenters. The Morgan fingerprint density at radius 1 is 1.62 bits per heavy atom. The highest BCUT2D eigenvalue weighted by atomic mass is 16.2. The first-order valence-electron chi connectivity index (χ1n) is 8.34. The van der Waals surface area contributed by atoms with Crippen molar-refractivity contribution in [1.82, 2.24) is 10.2 Å². The molecule has 0 bridgehead atoms. The number of hydrogen-bond donors (Lipinski definition) is 1. The third kappa shape index (κ3) is 4.63. The predicted octanol–water partition coefficient (Wildman–Crippen LogP) is 1.14. The van der Waals surface area contributed by atoms with Crippen molar-refractivity contribution in [1.29, 1.82) is 5.26 Å². The van der Waals surface area contributed by atoms with Gasteiger partial charge < -0.3 is 5.32 Å². The number of piperidine rings is 1. The molecule has 16 heavy (non-hydrogen) atoms. The van der Waals surface area contributed by atoms with Gasteiger partial charge in [-0.15, -0.1) is 0 Å². The standard InChI is InChI=1S/C12H21N3O/c1-12(2,3)14-11(16)9-15-6-4-10(8-13)5-7-15/h10H,4-7,9H2,1-3H3,(H,14,16)/i1D3,2D3. The molecule has 1 aliphatic rings. The molecule has 90 valence electrons. The van der Waals surface area contributed by atoms with Crippen LogP contribution in [-0.2, 0) is 4.79 Å². The molecule has 0 aromatic rings. The summed E-state index contributed by atoms with van der Waals surface area (Å²) >= 11 is 0. The van der Waals surface area contributed by atoms with E-state index in [-0.39, 0.29) is 12.5 Å². The fourth-order valence-electron chi connectivity index (χ4n) is 1.74. The lowest BCUT2D eigenvalue weighted by Gasteiger charge is -2.29. The first-order valence-corrected chi connectivity index (χ1v) is 5.34. The molecule has 0 unspecified atom stereocenters. The first-order chi connectivity index (χ1) is 9.90. The van der Waals surface area contributed by atoms with E-state index in [4.69, 9.17) is 13.5 Å². The third-order valence-corrected chi connectivity index (χ3v) is 2.53. The van der Waals surface area contributed by atoms with Crippen LogP contribution in [0, 0.1) is 17.2 Å². The number of rotatable bonds is 2. The van der Waals surface area contributed by atoms with Crippen molar-refractivity contribution >= 4 is 5.91 Å². The molecule has 4 heteroatoms. The molecule has 1 rings (SSSR count). The van der Waals surface area contributed by atoms with Crippen LogP contribution in [0.1, 0.15) is 41.7 Å². The van der Waals surface area contributed by atoms with Crippen molar-refractivity contribution in [3.8, 4) is 6.07 Å². The van der Waals surface area contributed by atoms with Crippen molar-refractivity contribution in [3.05, 3.63) is 0 Å². The molecular formula is C12H21N3O. The van der Waals surface area contributed by atoms with E-state index in [9.17, 15) is 4.79 Å². The summed E-state index contributed by atoms with van der Waals surface area (Å²) in [4.78, 5) is 13.8. The summed E-state index contributed by atoms with van der Waals surface area (Å²) in [6.07, 6.45) is 1.30. The largest absolute Gasteiger partial charge is 0.350 e. The van der Waals surface area contributed by atoms with Gasteiger partial charge in [-0.05, 0) is 46.6 Å². The number of amides is 1. The molecule has 1 saturated heterocycles. The van der Waals surface area contributed by atoms with E-state index >= 15 is 0 Å². The van der Waals surface area contributed by atoms with Crippen LogP contribution in [0.5, 0.6) is 0 Å². The maximum absolute atomic E-state index is 12.1. The maximum atomic E-state index is 12.1. The lowest BCUT2D eigenvalue weighted by Crippen LogP contribution is -2.47. The molecule has 1 aliphatic heterocycles. The van der Waals surface area contributed by atoms with Gasteiger partial charge in [-0.25, -0.2) is 0 Å². The number of carbonyl (C=O) groups excluding carboxylic acids is 1. The van der Waals surface area contributed by atoms with Gasteiger partial charge in [0, 0.05) is 19.7 Å². The van der Waals surface area contributed by atoms with Gasteiger partial charge >= 0.3 is 0 Å². The highest BCUT2D eigenvalue weighted by Crippen LogP contribution is 2.15. The van der Waals surface area contributed by atoms with Gasteiger partial charge in [0.25, 0.3) is 0 Å². The van der Waals surface area contributed by atoms with Crippen LogP contribution in [0.15, 0.2) is 0 Å². The van der Waals surface area contributed by atoms with Crippen LogP contribution >= 0.6 is 0 Å². The second-order valence-electron chi connectivity index (χ2n) is 4.35. The lowest BCUT2D eigenvalue weighted by molar-refractivity contribution is -0.123. The Morgan fingerprint density at radius 3 is 2.75 bits per heavy atom. The quantitative estimate of drug-likeness (QED) is 0.772. The van der Waals surface area contributed by atoms with Gasteiger partial charge in [-0.3, -0.25) is 9.69 Å². The molecule has 0 aliphatic carbocycles.